The van der Waals surface area contributed by atoms with Crippen LogP contribution in [-0.4, -0.2) is 22.3 Å². The number of hydrogen-bond acceptors (Lipinski definition) is 4. The molecule has 0 spiro atoms. The summed E-state index contributed by atoms with van der Waals surface area (Å²) in [7, 11) is 0. The summed E-state index contributed by atoms with van der Waals surface area (Å²) >= 11 is 0. The van der Waals surface area contributed by atoms with Crippen molar-refractivity contribution >= 4 is 17.3 Å². The Hall–Kier alpha value is -2.96. The van der Waals surface area contributed by atoms with Gasteiger partial charge in [0.15, 0.2) is 0 Å². The van der Waals surface area contributed by atoms with E-state index in [4.69, 9.17) is 0 Å². The first-order valence-corrected chi connectivity index (χ1v) is 8.07. The van der Waals surface area contributed by atoms with Crippen LogP contribution in [-0.2, 0) is 17.9 Å². The van der Waals surface area contributed by atoms with Crippen molar-refractivity contribution < 1.29 is 14.1 Å². The molecule has 0 atom stereocenters. The third kappa shape index (κ3) is 3.93. The Kier molecular flexibility index (Phi) is 4.92. The SMILES string of the molecule is O=C1CCCN1Cc1cccc(CNc2cccc(F)c2[N+](=O)[O-])c1. The lowest BCUT2D eigenvalue weighted by Crippen LogP contribution is -2.23. The first-order valence-electron chi connectivity index (χ1n) is 8.07. The number of nitrogens with zero attached hydrogens (tertiary/aromatic N) is 2. The molecule has 7 heteroatoms. The zero-order valence-corrected chi connectivity index (χ0v) is 13.6. The van der Waals surface area contributed by atoms with E-state index in [2.05, 4.69) is 5.32 Å². The summed E-state index contributed by atoms with van der Waals surface area (Å²) in [6, 6.07) is 11.6. The van der Waals surface area contributed by atoms with Crippen molar-refractivity contribution in [2.75, 3.05) is 11.9 Å². The molecular weight excluding hydrogens is 325 g/mol. The number of anilines is 1. The van der Waals surface area contributed by atoms with Gasteiger partial charge in [0.05, 0.1) is 4.92 Å². The van der Waals surface area contributed by atoms with E-state index in [1.54, 1.807) is 0 Å². The van der Waals surface area contributed by atoms with Gasteiger partial charge >= 0.3 is 5.69 Å². The number of hydrogen-bond donors (Lipinski definition) is 1. The van der Waals surface area contributed by atoms with Crippen LogP contribution in [0.3, 0.4) is 0 Å². The largest absolute Gasteiger partial charge is 0.375 e. The highest BCUT2D eigenvalue weighted by molar-refractivity contribution is 5.78. The Labute approximate surface area is 144 Å². The molecule has 0 aromatic heterocycles. The second-order valence-corrected chi connectivity index (χ2v) is 5.99. The van der Waals surface area contributed by atoms with E-state index in [1.807, 2.05) is 29.2 Å². The van der Waals surface area contributed by atoms with Crippen molar-refractivity contribution in [3.63, 3.8) is 0 Å². The number of halogens is 1. The van der Waals surface area contributed by atoms with Crippen LogP contribution in [0, 0.1) is 15.9 Å². The maximum Gasteiger partial charge on any atom is 0.327 e. The zero-order chi connectivity index (χ0) is 17.8. The number of nitro benzene ring substituents is 1. The van der Waals surface area contributed by atoms with Gasteiger partial charge in [0, 0.05) is 26.1 Å². The Bertz CT molecular complexity index is 810. The van der Waals surface area contributed by atoms with E-state index < -0.39 is 16.4 Å². The molecule has 1 aliphatic heterocycles. The van der Waals surface area contributed by atoms with E-state index in [9.17, 15) is 19.3 Å². The van der Waals surface area contributed by atoms with Gasteiger partial charge in [-0.05, 0) is 29.7 Å². The molecule has 6 nitrogen and oxygen atoms in total. The predicted octanol–water partition coefficient (Wildman–Crippen LogP) is 3.47. The second-order valence-electron chi connectivity index (χ2n) is 5.99. The minimum Gasteiger partial charge on any atom is -0.375 e. The molecule has 2 aromatic rings. The molecule has 1 amide bonds. The molecule has 1 fully saturated rings. The van der Waals surface area contributed by atoms with Gasteiger partial charge in [0.25, 0.3) is 0 Å². The third-order valence-corrected chi connectivity index (χ3v) is 4.19. The fourth-order valence-corrected chi connectivity index (χ4v) is 2.97. The van der Waals surface area contributed by atoms with Gasteiger partial charge in [0.2, 0.25) is 11.7 Å². The van der Waals surface area contributed by atoms with E-state index in [-0.39, 0.29) is 11.6 Å². The average Bonchev–Trinajstić information content (AvgIpc) is 2.98. The summed E-state index contributed by atoms with van der Waals surface area (Å²) in [5.74, 6) is -0.699. The van der Waals surface area contributed by atoms with Crippen molar-refractivity contribution in [1.29, 1.82) is 0 Å². The van der Waals surface area contributed by atoms with Gasteiger partial charge in [-0.15, -0.1) is 0 Å². The number of amides is 1. The van der Waals surface area contributed by atoms with Crippen LogP contribution in [0.5, 0.6) is 0 Å². The third-order valence-electron chi connectivity index (χ3n) is 4.19. The number of benzene rings is 2. The maximum absolute atomic E-state index is 13.6. The Morgan fingerprint density at radius 3 is 2.68 bits per heavy atom. The topological polar surface area (TPSA) is 75.5 Å². The van der Waals surface area contributed by atoms with Crippen LogP contribution < -0.4 is 5.32 Å². The Morgan fingerprint density at radius 2 is 1.96 bits per heavy atom. The number of likely N-dealkylation sites (tertiary alicyclic amines) is 1. The quantitative estimate of drug-likeness (QED) is 0.644. The fourth-order valence-electron chi connectivity index (χ4n) is 2.97. The lowest BCUT2D eigenvalue weighted by Gasteiger charge is -2.16. The molecule has 1 N–H and O–H groups in total. The Morgan fingerprint density at radius 1 is 1.20 bits per heavy atom. The molecule has 25 heavy (non-hydrogen) atoms. The van der Waals surface area contributed by atoms with Crippen molar-refractivity contribution in [3.05, 3.63) is 69.5 Å². The first kappa shape index (κ1) is 16.9. The van der Waals surface area contributed by atoms with Crippen LogP contribution in [0.1, 0.15) is 24.0 Å². The number of para-hydroxylation sites is 1. The summed E-state index contributed by atoms with van der Waals surface area (Å²) in [5.41, 5.74) is 1.50. The van der Waals surface area contributed by atoms with Gasteiger partial charge in [-0.3, -0.25) is 14.9 Å². The standard InChI is InChI=1S/C18H18FN3O3/c19-15-6-2-7-16(18(15)22(24)25)20-11-13-4-1-5-14(10-13)12-21-9-3-8-17(21)23/h1-2,4-7,10,20H,3,8-9,11-12H2. The van der Waals surface area contributed by atoms with Crippen LogP contribution in [0.15, 0.2) is 42.5 Å². The number of carbonyl (C=O) groups excluding carboxylic acids is 1. The predicted molar refractivity (Wildman–Crippen MR) is 91.5 cm³/mol. The molecule has 2 aromatic carbocycles. The van der Waals surface area contributed by atoms with Gasteiger partial charge in [0.1, 0.15) is 5.69 Å². The molecular formula is C18H18FN3O3. The average molecular weight is 343 g/mol. The summed E-state index contributed by atoms with van der Waals surface area (Å²) in [5, 5.41) is 13.9. The minimum atomic E-state index is -0.865. The van der Waals surface area contributed by atoms with Crippen LogP contribution >= 0.6 is 0 Å². The maximum atomic E-state index is 13.6. The number of nitrogens with one attached hydrogen (secondary N) is 1. The minimum absolute atomic E-state index is 0.144. The van der Waals surface area contributed by atoms with E-state index in [0.29, 0.717) is 19.5 Å². The highest BCUT2D eigenvalue weighted by Crippen LogP contribution is 2.27. The summed E-state index contributed by atoms with van der Waals surface area (Å²) in [6.07, 6.45) is 1.49. The highest BCUT2D eigenvalue weighted by Gasteiger charge is 2.21. The monoisotopic (exact) mass is 343 g/mol. The molecule has 1 aliphatic rings. The molecule has 1 heterocycles. The lowest BCUT2D eigenvalue weighted by molar-refractivity contribution is -0.386. The molecule has 130 valence electrons. The van der Waals surface area contributed by atoms with Crippen molar-refractivity contribution in [2.45, 2.75) is 25.9 Å². The van der Waals surface area contributed by atoms with Gasteiger partial charge in [-0.2, -0.15) is 4.39 Å². The number of nitro groups is 1. The molecule has 0 bridgehead atoms. The highest BCUT2D eigenvalue weighted by atomic mass is 19.1. The molecule has 3 rings (SSSR count). The lowest BCUT2D eigenvalue weighted by atomic mass is 10.1. The molecule has 0 saturated carbocycles. The van der Waals surface area contributed by atoms with Crippen molar-refractivity contribution in [1.82, 2.24) is 4.90 Å². The fraction of sp³-hybridized carbons (Fsp3) is 0.278. The molecule has 0 unspecified atom stereocenters. The second kappa shape index (κ2) is 7.29. The van der Waals surface area contributed by atoms with E-state index >= 15 is 0 Å². The van der Waals surface area contributed by atoms with Crippen molar-refractivity contribution in [3.8, 4) is 0 Å². The summed E-state index contributed by atoms with van der Waals surface area (Å²) < 4.78 is 13.6. The molecule has 0 radical (unpaired) electrons. The van der Waals surface area contributed by atoms with Crippen LogP contribution in [0.2, 0.25) is 0 Å². The molecule has 1 saturated heterocycles. The number of rotatable bonds is 6. The summed E-state index contributed by atoms with van der Waals surface area (Å²) in [6.45, 7) is 1.66. The van der Waals surface area contributed by atoms with Crippen molar-refractivity contribution in [2.24, 2.45) is 0 Å². The normalized spacial score (nSPS) is 14.0. The van der Waals surface area contributed by atoms with Crippen LogP contribution in [0.25, 0.3) is 0 Å². The van der Waals surface area contributed by atoms with E-state index in [0.717, 1.165) is 30.2 Å². The van der Waals surface area contributed by atoms with Crippen LogP contribution in [0.4, 0.5) is 15.8 Å². The van der Waals surface area contributed by atoms with Gasteiger partial charge in [-0.25, -0.2) is 0 Å². The smallest absolute Gasteiger partial charge is 0.327 e. The first-order chi connectivity index (χ1) is 12.0. The van der Waals surface area contributed by atoms with E-state index in [1.165, 1.54) is 12.1 Å². The molecule has 0 aliphatic carbocycles. The number of carbonyl (C=O) groups is 1. The summed E-state index contributed by atoms with van der Waals surface area (Å²) in [4.78, 5) is 23.8. The Balaban J connectivity index is 1.70. The zero-order valence-electron chi connectivity index (χ0n) is 13.6. The van der Waals surface area contributed by atoms with Gasteiger partial charge < -0.3 is 10.2 Å². The van der Waals surface area contributed by atoms with Gasteiger partial charge in [-0.1, -0.05) is 30.3 Å².